The molecular weight excluding hydrogens is 328 g/mol. The summed E-state index contributed by atoms with van der Waals surface area (Å²) < 4.78 is 0. The highest BCUT2D eigenvalue weighted by atomic mass is 16.2. The van der Waals surface area contributed by atoms with Crippen LogP contribution >= 0.6 is 0 Å². The number of benzene rings is 1. The maximum Gasteiger partial charge on any atom is 0.317 e. The predicted octanol–water partition coefficient (Wildman–Crippen LogP) is 2.16. The molecular formula is C20H30N4O2. The van der Waals surface area contributed by atoms with Crippen molar-refractivity contribution in [3.63, 3.8) is 0 Å². The van der Waals surface area contributed by atoms with Crippen LogP contribution in [0.5, 0.6) is 0 Å². The second kappa shape index (κ2) is 8.54. The van der Waals surface area contributed by atoms with Gasteiger partial charge in [0.25, 0.3) is 5.91 Å². The summed E-state index contributed by atoms with van der Waals surface area (Å²) in [5, 5.41) is 2.98. The number of likely N-dealkylation sites (N-methyl/N-ethyl adjacent to an activating group) is 2. The van der Waals surface area contributed by atoms with Crippen LogP contribution in [0.2, 0.25) is 0 Å². The van der Waals surface area contributed by atoms with E-state index in [0.29, 0.717) is 6.54 Å². The Morgan fingerprint density at radius 3 is 2.42 bits per heavy atom. The van der Waals surface area contributed by atoms with Crippen LogP contribution in [0.3, 0.4) is 0 Å². The Kier molecular flexibility index (Phi) is 6.14. The molecule has 0 saturated carbocycles. The molecule has 6 heteroatoms. The minimum Gasteiger partial charge on any atom is -0.339 e. The summed E-state index contributed by atoms with van der Waals surface area (Å²) in [7, 11) is 3.94. The molecule has 2 saturated heterocycles. The topological polar surface area (TPSA) is 55.9 Å². The van der Waals surface area contributed by atoms with E-state index < -0.39 is 0 Å². The van der Waals surface area contributed by atoms with Crippen LogP contribution in [0.4, 0.5) is 4.79 Å². The van der Waals surface area contributed by atoms with Crippen LogP contribution in [-0.2, 0) is 6.54 Å². The van der Waals surface area contributed by atoms with Crippen molar-refractivity contribution in [2.45, 2.75) is 38.3 Å². The van der Waals surface area contributed by atoms with Gasteiger partial charge in [0.05, 0.1) is 0 Å². The third-order valence-electron chi connectivity index (χ3n) is 5.52. The number of rotatable bonds is 4. The second-order valence-electron chi connectivity index (χ2n) is 7.52. The third-order valence-corrected chi connectivity index (χ3v) is 5.52. The van der Waals surface area contributed by atoms with Crippen molar-refractivity contribution in [3.8, 4) is 0 Å². The molecule has 1 N–H and O–H groups in total. The fraction of sp³-hybridized carbons (Fsp3) is 0.600. The first-order valence-electron chi connectivity index (χ1n) is 9.62. The summed E-state index contributed by atoms with van der Waals surface area (Å²) >= 11 is 0. The quantitative estimate of drug-likeness (QED) is 0.897. The minimum atomic E-state index is -0.0428. The first kappa shape index (κ1) is 18.7. The van der Waals surface area contributed by atoms with E-state index in [1.807, 2.05) is 36.2 Å². The number of carbonyl (C=O) groups excluding carboxylic acids is 2. The Hall–Kier alpha value is -2.08. The number of amides is 3. The molecule has 3 amide bonds. The average molecular weight is 358 g/mol. The Bertz CT molecular complexity index is 625. The van der Waals surface area contributed by atoms with Gasteiger partial charge in [-0.25, -0.2) is 4.79 Å². The zero-order chi connectivity index (χ0) is 18.5. The van der Waals surface area contributed by atoms with Gasteiger partial charge in [-0.2, -0.15) is 0 Å². The van der Waals surface area contributed by atoms with Crippen LogP contribution in [0.25, 0.3) is 0 Å². The summed E-state index contributed by atoms with van der Waals surface area (Å²) in [5.41, 5.74) is 1.73. The molecule has 0 aliphatic carbocycles. The summed E-state index contributed by atoms with van der Waals surface area (Å²) in [6.07, 6.45) is 4.43. The van der Waals surface area contributed by atoms with E-state index in [1.165, 1.54) is 6.42 Å². The van der Waals surface area contributed by atoms with Gasteiger partial charge in [0.15, 0.2) is 0 Å². The van der Waals surface area contributed by atoms with Gasteiger partial charge in [0, 0.05) is 44.8 Å². The van der Waals surface area contributed by atoms with E-state index in [0.717, 1.165) is 56.6 Å². The highest BCUT2D eigenvalue weighted by Gasteiger charge is 2.26. The Morgan fingerprint density at radius 2 is 1.81 bits per heavy atom. The lowest BCUT2D eigenvalue weighted by molar-refractivity contribution is 0.0724. The smallest absolute Gasteiger partial charge is 0.317 e. The van der Waals surface area contributed by atoms with Crippen LogP contribution in [0.1, 0.15) is 41.6 Å². The van der Waals surface area contributed by atoms with Gasteiger partial charge in [0.1, 0.15) is 0 Å². The van der Waals surface area contributed by atoms with Gasteiger partial charge < -0.3 is 20.0 Å². The van der Waals surface area contributed by atoms with E-state index >= 15 is 0 Å². The standard InChI is InChI=1S/C20H30N4O2/c1-22-13-10-18(15-22)23(2)20(26)21-14-16-6-8-17(9-7-16)19(25)24-11-4-3-5-12-24/h6-9,18H,3-5,10-15H2,1-2H3,(H,21,26)/t18-/m1/s1. The highest BCUT2D eigenvalue weighted by Crippen LogP contribution is 2.15. The second-order valence-corrected chi connectivity index (χ2v) is 7.52. The van der Waals surface area contributed by atoms with Gasteiger partial charge in [-0.3, -0.25) is 4.79 Å². The van der Waals surface area contributed by atoms with E-state index in [2.05, 4.69) is 17.3 Å². The average Bonchev–Trinajstić information content (AvgIpc) is 3.12. The summed E-state index contributed by atoms with van der Waals surface area (Å²) in [6.45, 7) is 4.16. The zero-order valence-corrected chi connectivity index (χ0v) is 15.9. The molecule has 3 rings (SSSR count). The Labute approximate surface area is 156 Å². The third kappa shape index (κ3) is 4.55. The van der Waals surface area contributed by atoms with Crippen molar-refractivity contribution in [1.82, 2.24) is 20.0 Å². The van der Waals surface area contributed by atoms with Gasteiger partial charge in [-0.15, -0.1) is 0 Å². The molecule has 0 unspecified atom stereocenters. The molecule has 1 aromatic carbocycles. The number of hydrogen-bond acceptors (Lipinski definition) is 3. The lowest BCUT2D eigenvalue weighted by atomic mass is 10.1. The van der Waals surface area contributed by atoms with E-state index in [4.69, 9.17) is 0 Å². The number of urea groups is 1. The maximum atomic E-state index is 12.5. The number of nitrogens with one attached hydrogen (secondary N) is 1. The molecule has 1 aromatic rings. The molecule has 26 heavy (non-hydrogen) atoms. The number of piperidine rings is 1. The molecule has 0 radical (unpaired) electrons. The molecule has 0 bridgehead atoms. The molecule has 2 fully saturated rings. The van der Waals surface area contributed by atoms with Crippen molar-refractivity contribution in [2.24, 2.45) is 0 Å². The fourth-order valence-electron chi connectivity index (χ4n) is 3.74. The van der Waals surface area contributed by atoms with E-state index in [-0.39, 0.29) is 18.0 Å². The van der Waals surface area contributed by atoms with Crippen molar-refractivity contribution < 1.29 is 9.59 Å². The van der Waals surface area contributed by atoms with Crippen molar-refractivity contribution in [1.29, 1.82) is 0 Å². The van der Waals surface area contributed by atoms with Crippen LogP contribution in [0, 0.1) is 0 Å². The highest BCUT2D eigenvalue weighted by molar-refractivity contribution is 5.94. The van der Waals surface area contributed by atoms with Crippen LogP contribution < -0.4 is 5.32 Å². The number of nitrogens with zero attached hydrogens (tertiary/aromatic N) is 3. The summed E-state index contributed by atoms with van der Waals surface area (Å²) in [6, 6.07) is 7.84. The molecule has 2 heterocycles. The fourth-order valence-corrected chi connectivity index (χ4v) is 3.74. The molecule has 2 aliphatic heterocycles. The monoisotopic (exact) mass is 358 g/mol. The van der Waals surface area contributed by atoms with Crippen molar-refractivity contribution in [3.05, 3.63) is 35.4 Å². The minimum absolute atomic E-state index is 0.0428. The zero-order valence-electron chi connectivity index (χ0n) is 15.9. The Balaban J connectivity index is 1.49. The molecule has 0 spiro atoms. The van der Waals surface area contributed by atoms with E-state index in [9.17, 15) is 9.59 Å². The molecule has 2 aliphatic rings. The molecule has 0 aromatic heterocycles. The van der Waals surface area contributed by atoms with Crippen LogP contribution in [0.15, 0.2) is 24.3 Å². The lowest BCUT2D eigenvalue weighted by Crippen LogP contribution is -2.44. The van der Waals surface area contributed by atoms with Crippen molar-refractivity contribution >= 4 is 11.9 Å². The van der Waals surface area contributed by atoms with Gasteiger partial charge in [0.2, 0.25) is 0 Å². The molecule has 142 valence electrons. The summed E-state index contributed by atoms with van der Waals surface area (Å²) in [4.78, 5) is 30.8. The number of likely N-dealkylation sites (tertiary alicyclic amines) is 2. The van der Waals surface area contributed by atoms with Crippen LogP contribution in [-0.4, -0.2) is 73.0 Å². The number of carbonyl (C=O) groups is 2. The normalized spacial score (nSPS) is 20.8. The first-order valence-corrected chi connectivity index (χ1v) is 9.62. The number of hydrogen-bond donors (Lipinski definition) is 1. The van der Waals surface area contributed by atoms with Gasteiger partial charge in [-0.1, -0.05) is 12.1 Å². The largest absolute Gasteiger partial charge is 0.339 e. The van der Waals surface area contributed by atoms with Crippen molar-refractivity contribution in [2.75, 3.05) is 40.3 Å². The molecule has 6 nitrogen and oxygen atoms in total. The summed E-state index contributed by atoms with van der Waals surface area (Å²) in [5.74, 6) is 0.116. The Morgan fingerprint density at radius 1 is 1.12 bits per heavy atom. The molecule has 1 atom stereocenters. The van der Waals surface area contributed by atoms with Gasteiger partial charge >= 0.3 is 6.03 Å². The predicted molar refractivity (Wildman–Crippen MR) is 102 cm³/mol. The SMILES string of the molecule is CN1CC[C@@H](N(C)C(=O)NCc2ccc(C(=O)N3CCCCC3)cc2)C1. The van der Waals surface area contributed by atoms with Gasteiger partial charge in [-0.05, 0) is 57.0 Å². The van der Waals surface area contributed by atoms with E-state index in [1.54, 1.807) is 4.90 Å². The lowest BCUT2D eigenvalue weighted by Gasteiger charge is -2.26. The first-order chi connectivity index (χ1) is 12.5. The maximum absolute atomic E-state index is 12.5.